The van der Waals surface area contributed by atoms with Gasteiger partial charge in [-0.15, -0.1) is 0 Å². The second-order valence-electron chi connectivity index (χ2n) is 5.42. The molecule has 2 fully saturated rings. The molecule has 4 heteroatoms. The summed E-state index contributed by atoms with van der Waals surface area (Å²) in [7, 11) is 0. The lowest BCUT2D eigenvalue weighted by molar-refractivity contribution is -0.125. The quantitative estimate of drug-likeness (QED) is 0.671. The van der Waals surface area contributed by atoms with E-state index in [1.54, 1.807) is 0 Å². The lowest BCUT2D eigenvalue weighted by atomic mass is 9.95. The van der Waals surface area contributed by atoms with Crippen molar-refractivity contribution in [3.05, 3.63) is 0 Å². The van der Waals surface area contributed by atoms with Crippen LogP contribution in [-0.2, 0) is 4.79 Å². The summed E-state index contributed by atoms with van der Waals surface area (Å²) in [5.74, 6) is 1.23. The Hall–Kier alpha value is -0.610. The molecule has 3 atom stereocenters. The fraction of sp³-hybridized carbons (Fsp3) is 0.923. The zero-order valence-corrected chi connectivity index (χ0v) is 10.5. The van der Waals surface area contributed by atoms with Gasteiger partial charge in [0.1, 0.15) is 0 Å². The van der Waals surface area contributed by atoms with E-state index in [4.69, 9.17) is 0 Å². The van der Waals surface area contributed by atoms with Crippen molar-refractivity contribution in [2.75, 3.05) is 26.2 Å². The van der Waals surface area contributed by atoms with Crippen LogP contribution in [0.5, 0.6) is 0 Å². The molecule has 0 aromatic carbocycles. The van der Waals surface area contributed by atoms with E-state index in [2.05, 4.69) is 10.6 Å². The lowest BCUT2D eigenvalue weighted by Gasteiger charge is -2.24. The summed E-state index contributed by atoms with van der Waals surface area (Å²) in [6.07, 6.45) is 5.56. The maximum absolute atomic E-state index is 11.9. The smallest absolute Gasteiger partial charge is 0.224 e. The van der Waals surface area contributed by atoms with Crippen LogP contribution in [0, 0.1) is 17.8 Å². The third kappa shape index (κ3) is 3.42. The van der Waals surface area contributed by atoms with Gasteiger partial charge in [0.25, 0.3) is 0 Å². The number of aliphatic hydroxyl groups is 1. The minimum Gasteiger partial charge on any atom is -0.396 e. The van der Waals surface area contributed by atoms with Crippen LogP contribution < -0.4 is 10.6 Å². The maximum Gasteiger partial charge on any atom is 0.224 e. The number of carbonyl (C=O) groups is 1. The molecule has 2 aliphatic rings. The number of aliphatic hydroxyl groups excluding tert-OH is 1. The SMILES string of the molecule is O=C(NCC1CCCC1CO)[C@H]1CCCNC1. The highest BCUT2D eigenvalue weighted by molar-refractivity contribution is 5.78. The normalized spacial score (nSPS) is 33.6. The number of hydrogen-bond donors (Lipinski definition) is 3. The Morgan fingerprint density at radius 1 is 1.24 bits per heavy atom. The number of amides is 1. The van der Waals surface area contributed by atoms with Gasteiger partial charge >= 0.3 is 0 Å². The Morgan fingerprint density at radius 2 is 2.06 bits per heavy atom. The molecular weight excluding hydrogens is 216 g/mol. The van der Waals surface area contributed by atoms with Gasteiger partial charge in [-0.1, -0.05) is 6.42 Å². The van der Waals surface area contributed by atoms with Crippen molar-refractivity contribution < 1.29 is 9.90 Å². The summed E-state index contributed by atoms with van der Waals surface area (Å²) < 4.78 is 0. The topological polar surface area (TPSA) is 61.4 Å². The number of hydrogen-bond acceptors (Lipinski definition) is 3. The molecule has 98 valence electrons. The van der Waals surface area contributed by atoms with Gasteiger partial charge in [0.2, 0.25) is 5.91 Å². The van der Waals surface area contributed by atoms with Crippen molar-refractivity contribution in [2.24, 2.45) is 17.8 Å². The summed E-state index contributed by atoms with van der Waals surface area (Å²) in [4.78, 5) is 11.9. The second-order valence-corrected chi connectivity index (χ2v) is 5.42. The standard InChI is InChI=1S/C13H24N2O2/c16-9-12-4-1-3-10(12)8-15-13(17)11-5-2-6-14-7-11/h10-12,14,16H,1-9H2,(H,15,17)/t10?,11-,12?/m0/s1. The van der Waals surface area contributed by atoms with Crippen molar-refractivity contribution in [1.29, 1.82) is 0 Å². The predicted octanol–water partition coefficient (Wildman–Crippen LogP) is 0.511. The second kappa shape index (κ2) is 6.36. The Morgan fingerprint density at radius 3 is 2.76 bits per heavy atom. The van der Waals surface area contributed by atoms with Gasteiger partial charge in [0.15, 0.2) is 0 Å². The maximum atomic E-state index is 11.9. The Labute approximate surface area is 103 Å². The molecule has 1 heterocycles. The molecule has 2 rings (SSSR count). The van der Waals surface area contributed by atoms with Crippen molar-refractivity contribution in [3.8, 4) is 0 Å². The van der Waals surface area contributed by atoms with Crippen LogP contribution >= 0.6 is 0 Å². The first-order valence-electron chi connectivity index (χ1n) is 6.90. The molecule has 3 N–H and O–H groups in total. The van der Waals surface area contributed by atoms with Crippen LogP contribution in [0.3, 0.4) is 0 Å². The Balaban J connectivity index is 1.71. The lowest BCUT2D eigenvalue weighted by Crippen LogP contribution is -2.42. The third-order valence-electron chi connectivity index (χ3n) is 4.26. The minimum absolute atomic E-state index is 0.151. The molecule has 0 bridgehead atoms. The highest BCUT2D eigenvalue weighted by atomic mass is 16.3. The molecule has 2 unspecified atom stereocenters. The summed E-state index contributed by atoms with van der Waals surface area (Å²) in [5, 5.41) is 15.6. The first-order valence-corrected chi connectivity index (χ1v) is 6.90. The van der Waals surface area contributed by atoms with Gasteiger partial charge in [-0.25, -0.2) is 0 Å². The predicted molar refractivity (Wildman–Crippen MR) is 66.5 cm³/mol. The van der Waals surface area contributed by atoms with Crippen molar-refractivity contribution in [3.63, 3.8) is 0 Å². The molecule has 0 aromatic heterocycles. The van der Waals surface area contributed by atoms with Gasteiger partial charge in [-0.3, -0.25) is 4.79 Å². The number of nitrogens with one attached hydrogen (secondary N) is 2. The van der Waals surface area contributed by atoms with Gasteiger partial charge < -0.3 is 15.7 Å². The molecular formula is C13H24N2O2. The first-order chi connectivity index (χ1) is 8.31. The van der Waals surface area contributed by atoms with E-state index >= 15 is 0 Å². The molecule has 1 aliphatic carbocycles. The zero-order chi connectivity index (χ0) is 12.1. The Bertz CT molecular complexity index is 252. The summed E-state index contributed by atoms with van der Waals surface area (Å²) in [5.41, 5.74) is 0. The average Bonchev–Trinajstić information content (AvgIpc) is 2.84. The largest absolute Gasteiger partial charge is 0.396 e. The van der Waals surface area contributed by atoms with E-state index < -0.39 is 0 Å². The van der Waals surface area contributed by atoms with Crippen LogP contribution in [0.2, 0.25) is 0 Å². The van der Waals surface area contributed by atoms with E-state index in [-0.39, 0.29) is 18.4 Å². The van der Waals surface area contributed by atoms with Crippen molar-refractivity contribution in [2.45, 2.75) is 32.1 Å². The molecule has 0 aromatic rings. The van der Waals surface area contributed by atoms with Gasteiger partial charge in [-0.2, -0.15) is 0 Å². The van der Waals surface area contributed by atoms with Gasteiger partial charge in [0, 0.05) is 19.7 Å². The van der Waals surface area contributed by atoms with Gasteiger partial charge in [0.05, 0.1) is 5.92 Å². The van der Waals surface area contributed by atoms with E-state index in [1.807, 2.05) is 0 Å². The molecule has 0 radical (unpaired) electrons. The van der Waals surface area contributed by atoms with Crippen LogP contribution in [-0.4, -0.2) is 37.3 Å². The fourth-order valence-electron chi connectivity index (χ4n) is 3.07. The highest BCUT2D eigenvalue weighted by Gasteiger charge is 2.28. The first kappa shape index (κ1) is 12.8. The van der Waals surface area contributed by atoms with Crippen LogP contribution in [0.15, 0.2) is 0 Å². The van der Waals surface area contributed by atoms with Crippen molar-refractivity contribution >= 4 is 5.91 Å². The van der Waals surface area contributed by atoms with E-state index in [1.165, 1.54) is 6.42 Å². The zero-order valence-electron chi connectivity index (χ0n) is 10.5. The van der Waals surface area contributed by atoms with Gasteiger partial charge in [-0.05, 0) is 44.1 Å². The van der Waals surface area contributed by atoms with Crippen LogP contribution in [0.4, 0.5) is 0 Å². The summed E-state index contributed by atoms with van der Waals surface area (Å²) in [6.45, 7) is 2.88. The highest BCUT2D eigenvalue weighted by Crippen LogP contribution is 2.30. The van der Waals surface area contributed by atoms with E-state index in [9.17, 15) is 9.90 Å². The average molecular weight is 240 g/mol. The number of rotatable bonds is 4. The molecule has 1 amide bonds. The molecule has 4 nitrogen and oxygen atoms in total. The van der Waals surface area contributed by atoms with E-state index in [0.29, 0.717) is 11.8 Å². The van der Waals surface area contributed by atoms with Crippen LogP contribution in [0.25, 0.3) is 0 Å². The molecule has 1 saturated carbocycles. The minimum atomic E-state index is 0.151. The van der Waals surface area contributed by atoms with E-state index in [0.717, 1.165) is 45.3 Å². The molecule has 1 saturated heterocycles. The number of carbonyl (C=O) groups excluding carboxylic acids is 1. The Kier molecular flexibility index (Phi) is 4.80. The van der Waals surface area contributed by atoms with Crippen molar-refractivity contribution in [1.82, 2.24) is 10.6 Å². The molecule has 17 heavy (non-hydrogen) atoms. The summed E-state index contributed by atoms with van der Waals surface area (Å²) >= 11 is 0. The number of piperidine rings is 1. The monoisotopic (exact) mass is 240 g/mol. The third-order valence-corrected chi connectivity index (χ3v) is 4.26. The fourth-order valence-corrected chi connectivity index (χ4v) is 3.07. The van der Waals surface area contributed by atoms with Crippen LogP contribution in [0.1, 0.15) is 32.1 Å². The molecule has 1 aliphatic heterocycles. The molecule has 0 spiro atoms. The summed E-state index contributed by atoms with van der Waals surface area (Å²) in [6, 6.07) is 0.